The topological polar surface area (TPSA) is 38.9 Å². The maximum Gasteiger partial charge on any atom is 0.133 e. The second-order valence-corrected chi connectivity index (χ2v) is 8.68. The Morgan fingerprint density at radius 3 is 2.62 bits per heavy atom. The van der Waals surface area contributed by atoms with Gasteiger partial charge in [-0.1, -0.05) is 30.3 Å². The molecule has 0 radical (unpaired) electrons. The van der Waals surface area contributed by atoms with Crippen molar-refractivity contribution >= 4 is 54.5 Å². The summed E-state index contributed by atoms with van der Waals surface area (Å²) in [7, 11) is 0. The highest BCUT2D eigenvalue weighted by molar-refractivity contribution is 9.13. The van der Waals surface area contributed by atoms with E-state index in [9.17, 15) is 0 Å². The first kappa shape index (κ1) is 15.4. The molecule has 1 atom stereocenters. The van der Waals surface area contributed by atoms with E-state index in [1.165, 1.54) is 4.88 Å². The van der Waals surface area contributed by atoms with Crippen LogP contribution in [-0.2, 0) is 6.42 Å². The third-order valence-corrected chi connectivity index (χ3v) is 7.38. The largest absolute Gasteiger partial charge is 0.324 e. The van der Waals surface area contributed by atoms with Crippen molar-refractivity contribution in [3.63, 3.8) is 0 Å². The van der Waals surface area contributed by atoms with E-state index in [0.717, 1.165) is 30.9 Å². The molecule has 0 bridgehead atoms. The zero-order valence-electron chi connectivity index (χ0n) is 10.9. The molecule has 1 aromatic carbocycles. The molecule has 0 saturated heterocycles. The number of benzene rings is 1. The molecule has 0 aliphatic heterocycles. The normalized spacial score (nSPS) is 12.5. The van der Waals surface area contributed by atoms with Crippen LogP contribution in [0.25, 0.3) is 9.88 Å². The Balaban J connectivity index is 1.76. The minimum absolute atomic E-state index is 0.0112. The molecule has 2 aromatic heterocycles. The highest BCUT2D eigenvalue weighted by Gasteiger charge is 2.13. The van der Waals surface area contributed by atoms with E-state index in [1.54, 1.807) is 22.7 Å². The molecule has 2 nitrogen and oxygen atoms in total. The minimum Gasteiger partial charge on any atom is -0.324 e. The monoisotopic (exact) mass is 442 g/mol. The fraction of sp³-hybridized carbons (Fsp3) is 0.133. The Bertz CT molecular complexity index is 718. The van der Waals surface area contributed by atoms with Gasteiger partial charge in [-0.05, 0) is 43.5 Å². The summed E-state index contributed by atoms with van der Waals surface area (Å²) in [4.78, 5) is 5.87. The highest BCUT2D eigenvalue weighted by atomic mass is 79.9. The number of hydrogen-bond donors (Lipinski definition) is 1. The van der Waals surface area contributed by atoms with E-state index in [4.69, 9.17) is 10.7 Å². The first-order valence-electron chi connectivity index (χ1n) is 6.33. The molecule has 3 aromatic rings. The molecule has 0 aliphatic rings. The van der Waals surface area contributed by atoms with Crippen molar-refractivity contribution in [1.29, 1.82) is 0 Å². The van der Waals surface area contributed by atoms with E-state index in [-0.39, 0.29) is 6.04 Å². The van der Waals surface area contributed by atoms with Crippen LogP contribution in [0.15, 0.2) is 50.0 Å². The van der Waals surface area contributed by atoms with Crippen LogP contribution in [0.2, 0.25) is 0 Å². The summed E-state index contributed by atoms with van der Waals surface area (Å²) in [5, 5.41) is 3.14. The molecular weight excluding hydrogens is 432 g/mol. The van der Waals surface area contributed by atoms with Crippen molar-refractivity contribution in [2.75, 3.05) is 0 Å². The zero-order chi connectivity index (χ0) is 14.8. The van der Waals surface area contributed by atoms with Crippen LogP contribution in [0.1, 0.15) is 17.3 Å². The van der Waals surface area contributed by atoms with Gasteiger partial charge in [0, 0.05) is 22.3 Å². The van der Waals surface area contributed by atoms with E-state index < -0.39 is 0 Å². The first-order chi connectivity index (χ1) is 10.1. The number of hydrogen-bond acceptors (Lipinski definition) is 4. The van der Waals surface area contributed by atoms with Crippen molar-refractivity contribution in [3.8, 4) is 9.88 Å². The van der Waals surface area contributed by atoms with Crippen molar-refractivity contribution in [2.45, 2.75) is 12.5 Å². The number of rotatable bonds is 4. The summed E-state index contributed by atoms with van der Waals surface area (Å²) >= 11 is 10.4. The molecule has 0 aliphatic carbocycles. The van der Waals surface area contributed by atoms with Gasteiger partial charge < -0.3 is 5.73 Å². The first-order valence-corrected chi connectivity index (χ1v) is 9.62. The maximum absolute atomic E-state index is 6.26. The lowest BCUT2D eigenvalue weighted by atomic mass is 10.0. The molecule has 6 heteroatoms. The molecule has 2 N–H and O–H groups in total. The van der Waals surface area contributed by atoms with E-state index in [0.29, 0.717) is 0 Å². The van der Waals surface area contributed by atoms with Gasteiger partial charge in [0.15, 0.2) is 0 Å². The Hall–Kier alpha value is -0.530. The van der Waals surface area contributed by atoms with Crippen molar-refractivity contribution in [1.82, 2.24) is 4.98 Å². The van der Waals surface area contributed by atoms with Crippen LogP contribution in [0, 0.1) is 0 Å². The predicted molar refractivity (Wildman–Crippen MR) is 97.9 cm³/mol. The summed E-state index contributed by atoms with van der Waals surface area (Å²) in [6.07, 6.45) is 0.758. The zero-order valence-corrected chi connectivity index (χ0v) is 15.7. The number of aromatic nitrogens is 1. The van der Waals surface area contributed by atoms with Gasteiger partial charge in [0.1, 0.15) is 5.01 Å². The van der Waals surface area contributed by atoms with Gasteiger partial charge in [0.25, 0.3) is 0 Å². The molecule has 21 heavy (non-hydrogen) atoms. The third-order valence-electron chi connectivity index (χ3n) is 3.06. The summed E-state index contributed by atoms with van der Waals surface area (Å²) < 4.78 is 2.16. The summed E-state index contributed by atoms with van der Waals surface area (Å²) in [5.74, 6) is 0. The van der Waals surface area contributed by atoms with E-state index in [1.807, 2.05) is 18.2 Å². The quantitative estimate of drug-likeness (QED) is 0.566. The Labute approximate surface area is 148 Å². The van der Waals surface area contributed by atoms with Crippen LogP contribution >= 0.6 is 54.5 Å². The number of thiophene rings is 1. The molecule has 0 spiro atoms. The lowest BCUT2D eigenvalue weighted by Crippen LogP contribution is -2.13. The number of thiazole rings is 1. The highest BCUT2D eigenvalue weighted by Crippen LogP contribution is 2.39. The Kier molecular flexibility index (Phi) is 4.91. The maximum atomic E-state index is 6.26. The van der Waals surface area contributed by atoms with Crippen molar-refractivity contribution < 1.29 is 0 Å². The standard InChI is InChI=1S/C15H12Br2N2S2/c16-11-7-13(21-14(11)17)15-19-10(8-20-15)6-12(18)9-4-2-1-3-5-9/h1-5,7-8,12H,6,18H2. The van der Waals surface area contributed by atoms with E-state index >= 15 is 0 Å². The fourth-order valence-corrected chi connectivity index (χ4v) is 4.94. The number of nitrogens with two attached hydrogens (primary N) is 1. The van der Waals surface area contributed by atoms with Gasteiger partial charge in [-0.25, -0.2) is 4.98 Å². The number of halogens is 2. The van der Waals surface area contributed by atoms with Crippen LogP contribution in [0.5, 0.6) is 0 Å². The molecule has 0 fully saturated rings. The predicted octanol–water partition coefficient (Wildman–Crippen LogP) is 5.64. The lowest BCUT2D eigenvalue weighted by molar-refractivity contribution is 0.710. The van der Waals surface area contributed by atoms with Gasteiger partial charge >= 0.3 is 0 Å². The van der Waals surface area contributed by atoms with Gasteiger partial charge in [-0.15, -0.1) is 22.7 Å². The van der Waals surface area contributed by atoms with Crippen LogP contribution in [0.4, 0.5) is 0 Å². The van der Waals surface area contributed by atoms with Gasteiger partial charge in [-0.2, -0.15) is 0 Å². The van der Waals surface area contributed by atoms with E-state index in [2.05, 4.69) is 55.4 Å². The Morgan fingerprint density at radius 1 is 1.19 bits per heavy atom. The molecule has 0 amide bonds. The second-order valence-electron chi connectivity index (χ2n) is 4.60. The summed E-state index contributed by atoms with van der Waals surface area (Å²) in [6.45, 7) is 0. The SMILES string of the molecule is NC(Cc1csc(-c2cc(Br)c(Br)s2)n1)c1ccccc1. The van der Waals surface area contributed by atoms with Crippen molar-refractivity contribution in [2.24, 2.45) is 5.73 Å². The molecule has 0 saturated carbocycles. The molecule has 108 valence electrons. The Morgan fingerprint density at radius 2 is 1.95 bits per heavy atom. The smallest absolute Gasteiger partial charge is 0.133 e. The van der Waals surface area contributed by atoms with Crippen LogP contribution in [0.3, 0.4) is 0 Å². The number of nitrogens with zero attached hydrogens (tertiary/aromatic N) is 1. The molecule has 3 rings (SSSR count). The van der Waals surface area contributed by atoms with Crippen LogP contribution < -0.4 is 5.73 Å². The molecule has 2 heterocycles. The third kappa shape index (κ3) is 3.63. The van der Waals surface area contributed by atoms with Gasteiger partial charge in [0.2, 0.25) is 0 Å². The summed E-state index contributed by atoms with van der Waals surface area (Å²) in [5.41, 5.74) is 8.45. The molecular formula is C15H12Br2N2S2. The van der Waals surface area contributed by atoms with Gasteiger partial charge in [0.05, 0.1) is 14.4 Å². The second kappa shape index (κ2) is 6.71. The minimum atomic E-state index is -0.0112. The van der Waals surface area contributed by atoms with Crippen LogP contribution in [-0.4, -0.2) is 4.98 Å². The van der Waals surface area contributed by atoms with Gasteiger partial charge in [-0.3, -0.25) is 0 Å². The molecule has 1 unspecified atom stereocenters. The van der Waals surface area contributed by atoms with Crippen molar-refractivity contribution in [3.05, 3.63) is 61.3 Å². The fourth-order valence-electron chi connectivity index (χ4n) is 2.01. The average molecular weight is 444 g/mol. The average Bonchev–Trinajstić information content (AvgIpc) is 3.07. The summed E-state index contributed by atoms with van der Waals surface area (Å²) in [6, 6.07) is 12.2. The lowest BCUT2D eigenvalue weighted by Gasteiger charge is -2.09.